The van der Waals surface area contributed by atoms with Crippen LogP contribution in [0.15, 0.2) is 42.9 Å². The first-order chi connectivity index (χ1) is 13.9. The van der Waals surface area contributed by atoms with Gasteiger partial charge in [-0.3, -0.25) is 9.36 Å². The lowest BCUT2D eigenvalue weighted by molar-refractivity contribution is 0.0824. The molecule has 1 aromatic carbocycles. The molecule has 148 valence electrons. The molecule has 0 fully saturated rings. The van der Waals surface area contributed by atoms with Crippen LogP contribution in [0.2, 0.25) is 0 Å². The highest BCUT2D eigenvalue weighted by molar-refractivity contribution is 5.97. The zero-order valence-corrected chi connectivity index (χ0v) is 17.0. The van der Waals surface area contributed by atoms with E-state index in [0.29, 0.717) is 17.1 Å². The number of aromatic nitrogens is 5. The number of imidazole rings is 1. The van der Waals surface area contributed by atoms with E-state index in [-0.39, 0.29) is 5.91 Å². The first-order valence-electron chi connectivity index (χ1n) is 9.16. The Bertz CT molecular complexity index is 1220. The molecule has 0 spiro atoms. The van der Waals surface area contributed by atoms with Gasteiger partial charge in [0.25, 0.3) is 5.91 Å². The molecule has 0 aliphatic carbocycles. The predicted octanol–water partition coefficient (Wildman–Crippen LogP) is 2.91. The Labute approximate surface area is 168 Å². The highest BCUT2D eigenvalue weighted by atomic mass is 16.5. The van der Waals surface area contributed by atoms with Gasteiger partial charge in [0, 0.05) is 43.6 Å². The maximum Gasteiger partial charge on any atom is 0.257 e. The van der Waals surface area contributed by atoms with Crippen molar-refractivity contribution in [2.24, 2.45) is 0 Å². The molecular weight excluding hydrogens is 368 g/mol. The van der Waals surface area contributed by atoms with Crippen molar-refractivity contribution in [3.8, 4) is 22.8 Å². The van der Waals surface area contributed by atoms with Crippen LogP contribution in [-0.2, 0) is 0 Å². The van der Waals surface area contributed by atoms with Crippen molar-refractivity contribution in [3.05, 3.63) is 59.8 Å². The van der Waals surface area contributed by atoms with Crippen molar-refractivity contribution in [2.45, 2.75) is 13.8 Å². The van der Waals surface area contributed by atoms with Crippen LogP contribution in [0.25, 0.3) is 22.7 Å². The maximum absolute atomic E-state index is 12.6. The fourth-order valence-electron chi connectivity index (χ4n) is 3.39. The summed E-state index contributed by atoms with van der Waals surface area (Å²) in [6.07, 6.45) is 5.34. The molecule has 3 heterocycles. The van der Waals surface area contributed by atoms with E-state index in [9.17, 15) is 4.79 Å². The molecule has 0 bridgehead atoms. The van der Waals surface area contributed by atoms with Crippen molar-refractivity contribution in [1.82, 2.24) is 29.0 Å². The van der Waals surface area contributed by atoms with Gasteiger partial charge < -0.3 is 9.64 Å². The molecule has 8 nitrogen and oxygen atoms in total. The highest BCUT2D eigenvalue weighted by Crippen LogP contribution is 2.28. The minimum Gasteiger partial charge on any atom is -0.496 e. The van der Waals surface area contributed by atoms with Gasteiger partial charge in [0.2, 0.25) is 0 Å². The Morgan fingerprint density at radius 1 is 1.17 bits per heavy atom. The molecule has 0 saturated carbocycles. The van der Waals surface area contributed by atoms with Crippen LogP contribution in [0.3, 0.4) is 0 Å². The molecule has 0 saturated heterocycles. The van der Waals surface area contributed by atoms with E-state index in [2.05, 4.69) is 15.1 Å². The Morgan fingerprint density at radius 3 is 2.69 bits per heavy atom. The van der Waals surface area contributed by atoms with Crippen LogP contribution in [0.1, 0.15) is 21.7 Å². The molecule has 0 aliphatic rings. The smallest absolute Gasteiger partial charge is 0.257 e. The van der Waals surface area contributed by atoms with Crippen LogP contribution >= 0.6 is 0 Å². The number of amides is 1. The quantitative estimate of drug-likeness (QED) is 0.535. The molecule has 0 unspecified atom stereocenters. The van der Waals surface area contributed by atoms with E-state index >= 15 is 0 Å². The normalized spacial score (nSPS) is 11.1. The van der Waals surface area contributed by atoms with Gasteiger partial charge >= 0.3 is 0 Å². The summed E-state index contributed by atoms with van der Waals surface area (Å²) in [5.41, 5.74) is 4.76. The van der Waals surface area contributed by atoms with Crippen molar-refractivity contribution >= 4 is 11.6 Å². The summed E-state index contributed by atoms with van der Waals surface area (Å²) in [4.78, 5) is 23.3. The van der Waals surface area contributed by atoms with E-state index in [4.69, 9.17) is 4.74 Å². The number of ether oxygens (including phenoxy) is 1. The largest absolute Gasteiger partial charge is 0.496 e. The fourth-order valence-corrected chi connectivity index (χ4v) is 3.39. The third kappa shape index (κ3) is 3.12. The first-order valence-corrected chi connectivity index (χ1v) is 9.16. The van der Waals surface area contributed by atoms with Crippen molar-refractivity contribution in [3.63, 3.8) is 0 Å². The monoisotopic (exact) mass is 390 g/mol. The van der Waals surface area contributed by atoms with E-state index < -0.39 is 0 Å². The zero-order valence-electron chi connectivity index (χ0n) is 17.0. The lowest BCUT2D eigenvalue weighted by Crippen LogP contribution is -2.22. The molecule has 4 aromatic rings. The van der Waals surface area contributed by atoms with Gasteiger partial charge in [0.15, 0.2) is 5.65 Å². The SMILES string of the molecule is COc1ccc(-n2ccnc2-c2cnn3c(C)cc(C)nc23)cc1C(=O)N(C)C. The van der Waals surface area contributed by atoms with E-state index in [1.165, 1.54) is 4.90 Å². The summed E-state index contributed by atoms with van der Waals surface area (Å²) in [6.45, 7) is 3.95. The number of carbonyl (C=O) groups is 1. The van der Waals surface area contributed by atoms with E-state index in [1.54, 1.807) is 44.2 Å². The summed E-state index contributed by atoms with van der Waals surface area (Å²) in [5.74, 6) is 1.10. The van der Waals surface area contributed by atoms with Crippen LogP contribution in [-0.4, -0.2) is 56.2 Å². The Kier molecular flexibility index (Phi) is 4.54. The number of carbonyl (C=O) groups excluding carboxylic acids is 1. The molecule has 3 aromatic heterocycles. The van der Waals surface area contributed by atoms with Crippen LogP contribution in [0, 0.1) is 13.8 Å². The molecule has 8 heteroatoms. The average molecular weight is 390 g/mol. The number of nitrogens with zero attached hydrogens (tertiary/aromatic N) is 6. The number of hydrogen-bond donors (Lipinski definition) is 0. The summed E-state index contributed by atoms with van der Waals surface area (Å²) in [5, 5.41) is 4.47. The number of fused-ring (bicyclic) bond motifs is 1. The third-order valence-corrected chi connectivity index (χ3v) is 4.76. The summed E-state index contributed by atoms with van der Waals surface area (Å²) >= 11 is 0. The number of hydrogen-bond acceptors (Lipinski definition) is 5. The Balaban J connectivity index is 1.88. The molecule has 0 atom stereocenters. The van der Waals surface area contributed by atoms with Crippen LogP contribution in [0.5, 0.6) is 5.75 Å². The second-order valence-electron chi connectivity index (χ2n) is 7.04. The molecule has 0 aliphatic heterocycles. The number of benzene rings is 1. The minimum atomic E-state index is -0.130. The topological polar surface area (TPSA) is 77.5 Å². The van der Waals surface area contributed by atoms with Gasteiger partial charge in [-0.2, -0.15) is 5.10 Å². The number of methoxy groups -OCH3 is 1. The summed E-state index contributed by atoms with van der Waals surface area (Å²) in [7, 11) is 4.98. The van der Waals surface area contributed by atoms with Gasteiger partial charge in [-0.1, -0.05) is 0 Å². The van der Waals surface area contributed by atoms with Crippen molar-refractivity contribution < 1.29 is 9.53 Å². The highest BCUT2D eigenvalue weighted by Gasteiger charge is 2.19. The van der Waals surface area contributed by atoms with Crippen molar-refractivity contribution in [1.29, 1.82) is 0 Å². The van der Waals surface area contributed by atoms with Gasteiger partial charge in [-0.15, -0.1) is 0 Å². The van der Waals surface area contributed by atoms with Gasteiger partial charge in [-0.05, 0) is 38.1 Å². The molecule has 29 heavy (non-hydrogen) atoms. The van der Waals surface area contributed by atoms with Gasteiger partial charge in [0.05, 0.1) is 24.4 Å². The Morgan fingerprint density at radius 2 is 1.97 bits per heavy atom. The predicted molar refractivity (Wildman–Crippen MR) is 110 cm³/mol. The maximum atomic E-state index is 12.6. The number of rotatable bonds is 4. The second-order valence-corrected chi connectivity index (χ2v) is 7.04. The fraction of sp³-hybridized carbons (Fsp3) is 0.238. The molecule has 4 rings (SSSR count). The van der Waals surface area contributed by atoms with Gasteiger partial charge in [-0.25, -0.2) is 14.5 Å². The average Bonchev–Trinajstić information content (AvgIpc) is 3.33. The molecule has 0 radical (unpaired) electrons. The standard InChI is InChI=1S/C21H22N6O2/c1-13-10-14(2)27-20(24-13)17(12-23-27)19-22-8-9-26(19)15-6-7-18(29-5)16(11-15)21(28)25(3)4/h6-12H,1-5H3. The number of aryl methyl sites for hydroxylation is 2. The summed E-state index contributed by atoms with van der Waals surface area (Å²) in [6, 6.07) is 7.48. The zero-order chi connectivity index (χ0) is 20.7. The van der Waals surface area contributed by atoms with E-state index in [0.717, 1.165) is 28.3 Å². The molecule has 0 N–H and O–H groups in total. The van der Waals surface area contributed by atoms with Crippen LogP contribution < -0.4 is 4.74 Å². The second kappa shape index (κ2) is 7.05. The van der Waals surface area contributed by atoms with Crippen molar-refractivity contribution in [2.75, 3.05) is 21.2 Å². The van der Waals surface area contributed by atoms with E-state index in [1.807, 2.05) is 42.8 Å². The lowest BCUT2D eigenvalue weighted by atomic mass is 10.1. The minimum absolute atomic E-state index is 0.130. The summed E-state index contributed by atoms with van der Waals surface area (Å²) < 4.78 is 9.10. The third-order valence-electron chi connectivity index (χ3n) is 4.76. The Hall–Kier alpha value is -3.68. The molecule has 1 amide bonds. The lowest BCUT2D eigenvalue weighted by Gasteiger charge is -2.15. The van der Waals surface area contributed by atoms with Gasteiger partial charge in [0.1, 0.15) is 11.6 Å². The first kappa shape index (κ1) is 18.7. The molecular formula is C21H22N6O2. The van der Waals surface area contributed by atoms with Crippen LogP contribution in [0.4, 0.5) is 0 Å².